The van der Waals surface area contributed by atoms with E-state index < -0.39 is 24.1 Å². The number of ether oxygens (including phenoxy) is 2. The molecule has 1 unspecified atom stereocenters. The number of rotatable bonds is 3. The number of benzene rings is 1. The van der Waals surface area contributed by atoms with Crippen molar-refractivity contribution in [3.63, 3.8) is 0 Å². The standard InChI is InChI=1S/C12H11NO5/c14-10-6-9(13-12(16)18-10)11(15)17-7-8-4-2-1-3-5-8/h1-5,9H,6-7H2,(H,13,16). The minimum atomic E-state index is -0.970. The molecule has 1 aliphatic heterocycles. The first-order valence-electron chi connectivity index (χ1n) is 5.37. The molecule has 0 aliphatic carbocycles. The molecule has 0 radical (unpaired) electrons. The van der Waals surface area contributed by atoms with E-state index in [1.54, 1.807) is 12.1 Å². The summed E-state index contributed by atoms with van der Waals surface area (Å²) in [7, 11) is 0. The molecule has 0 saturated carbocycles. The van der Waals surface area contributed by atoms with Crippen molar-refractivity contribution in [3.05, 3.63) is 35.9 Å². The molecular weight excluding hydrogens is 238 g/mol. The van der Waals surface area contributed by atoms with Crippen LogP contribution in [0.25, 0.3) is 0 Å². The molecule has 1 heterocycles. The number of hydrogen-bond donors (Lipinski definition) is 1. The molecule has 1 amide bonds. The Labute approximate surface area is 103 Å². The molecular formula is C12H11NO5. The van der Waals surface area contributed by atoms with E-state index in [4.69, 9.17) is 4.74 Å². The number of cyclic esters (lactones) is 2. The molecule has 0 spiro atoms. The third kappa shape index (κ3) is 3.07. The van der Waals surface area contributed by atoms with E-state index in [2.05, 4.69) is 10.1 Å². The van der Waals surface area contributed by atoms with Crippen LogP contribution in [0.15, 0.2) is 30.3 Å². The van der Waals surface area contributed by atoms with Crippen molar-refractivity contribution < 1.29 is 23.9 Å². The number of alkyl carbamates (subject to hydrolysis) is 1. The van der Waals surface area contributed by atoms with Crippen molar-refractivity contribution in [2.45, 2.75) is 19.1 Å². The van der Waals surface area contributed by atoms with E-state index in [1.807, 2.05) is 18.2 Å². The Balaban J connectivity index is 1.88. The summed E-state index contributed by atoms with van der Waals surface area (Å²) in [6, 6.07) is 8.14. The van der Waals surface area contributed by atoms with Crippen LogP contribution in [-0.4, -0.2) is 24.1 Å². The van der Waals surface area contributed by atoms with Gasteiger partial charge >= 0.3 is 18.0 Å². The third-order valence-electron chi connectivity index (χ3n) is 2.38. The molecule has 94 valence electrons. The van der Waals surface area contributed by atoms with Gasteiger partial charge in [0, 0.05) is 0 Å². The number of esters is 2. The van der Waals surface area contributed by atoms with Gasteiger partial charge in [-0.25, -0.2) is 9.59 Å². The van der Waals surface area contributed by atoms with Crippen LogP contribution in [0.5, 0.6) is 0 Å². The van der Waals surface area contributed by atoms with Crippen LogP contribution in [-0.2, 0) is 25.7 Å². The van der Waals surface area contributed by atoms with Gasteiger partial charge in [0.25, 0.3) is 0 Å². The fraction of sp³-hybridized carbons (Fsp3) is 0.250. The first-order chi connectivity index (χ1) is 8.65. The highest BCUT2D eigenvalue weighted by molar-refractivity contribution is 5.94. The predicted octanol–water partition coefficient (Wildman–Crippen LogP) is 0.755. The van der Waals surface area contributed by atoms with E-state index in [1.165, 1.54) is 0 Å². The summed E-state index contributed by atoms with van der Waals surface area (Å²) >= 11 is 0. The van der Waals surface area contributed by atoms with Crippen molar-refractivity contribution in [2.75, 3.05) is 0 Å². The van der Waals surface area contributed by atoms with Gasteiger partial charge in [-0.3, -0.25) is 4.79 Å². The SMILES string of the molecule is O=C1CC(C(=O)OCc2ccccc2)NC(=O)O1. The van der Waals surface area contributed by atoms with Gasteiger partial charge in [-0.05, 0) is 5.56 Å². The van der Waals surface area contributed by atoms with E-state index >= 15 is 0 Å². The van der Waals surface area contributed by atoms with Crippen LogP contribution < -0.4 is 5.32 Å². The molecule has 1 saturated heterocycles. The Morgan fingerprint density at radius 1 is 1.33 bits per heavy atom. The first-order valence-corrected chi connectivity index (χ1v) is 5.37. The van der Waals surface area contributed by atoms with Crippen molar-refractivity contribution in [3.8, 4) is 0 Å². The second kappa shape index (κ2) is 5.31. The Hall–Kier alpha value is -2.37. The molecule has 1 fully saturated rings. The molecule has 0 aromatic heterocycles. The molecule has 2 rings (SSSR count). The molecule has 1 atom stereocenters. The maximum Gasteiger partial charge on any atom is 0.415 e. The van der Waals surface area contributed by atoms with Gasteiger partial charge in [0.2, 0.25) is 0 Å². The fourth-order valence-electron chi connectivity index (χ4n) is 1.51. The number of nitrogens with one attached hydrogen (secondary N) is 1. The second-order valence-electron chi connectivity index (χ2n) is 3.76. The lowest BCUT2D eigenvalue weighted by Crippen LogP contribution is -2.48. The smallest absolute Gasteiger partial charge is 0.415 e. The molecule has 6 heteroatoms. The zero-order chi connectivity index (χ0) is 13.0. The fourth-order valence-corrected chi connectivity index (χ4v) is 1.51. The van der Waals surface area contributed by atoms with Crippen LogP contribution in [0.4, 0.5) is 4.79 Å². The predicted molar refractivity (Wildman–Crippen MR) is 59.3 cm³/mol. The van der Waals surface area contributed by atoms with Gasteiger partial charge in [-0.2, -0.15) is 0 Å². The van der Waals surface area contributed by atoms with E-state index in [0.29, 0.717) is 0 Å². The van der Waals surface area contributed by atoms with Crippen molar-refractivity contribution in [1.82, 2.24) is 5.32 Å². The van der Waals surface area contributed by atoms with Crippen molar-refractivity contribution >= 4 is 18.0 Å². The maximum atomic E-state index is 11.6. The highest BCUT2D eigenvalue weighted by Crippen LogP contribution is 2.07. The highest BCUT2D eigenvalue weighted by atomic mass is 16.6. The van der Waals surface area contributed by atoms with Crippen LogP contribution in [0.3, 0.4) is 0 Å². The molecule has 0 bridgehead atoms. The summed E-state index contributed by atoms with van der Waals surface area (Å²) in [5, 5.41) is 2.23. The Morgan fingerprint density at radius 2 is 2.06 bits per heavy atom. The van der Waals surface area contributed by atoms with Crippen molar-refractivity contribution in [1.29, 1.82) is 0 Å². The lowest BCUT2D eigenvalue weighted by molar-refractivity contribution is -0.153. The van der Waals surface area contributed by atoms with Crippen LogP contribution >= 0.6 is 0 Å². The van der Waals surface area contributed by atoms with Crippen LogP contribution in [0, 0.1) is 0 Å². The summed E-state index contributed by atoms with van der Waals surface area (Å²) in [5.74, 6) is -1.38. The van der Waals surface area contributed by atoms with E-state index in [0.717, 1.165) is 5.56 Å². The summed E-state index contributed by atoms with van der Waals surface area (Å²) in [4.78, 5) is 33.5. The van der Waals surface area contributed by atoms with Gasteiger partial charge < -0.3 is 14.8 Å². The minimum Gasteiger partial charge on any atom is -0.459 e. The lowest BCUT2D eigenvalue weighted by atomic mass is 10.2. The number of hydrogen-bond acceptors (Lipinski definition) is 5. The quantitative estimate of drug-likeness (QED) is 0.631. The second-order valence-corrected chi connectivity index (χ2v) is 3.76. The van der Waals surface area contributed by atoms with Gasteiger partial charge in [0.05, 0.1) is 6.42 Å². The van der Waals surface area contributed by atoms with Crippen molar-refractivity contribution in [2.24, 2.45) is 0 Å². The van der Waals surface area contributed by atoms with E-state index in [-0.39, 0.29) is 13.0 Å². The summed E-state index contributed by atoms with van der Waals surface area (Å²) in [6.45, 7) is 0.0983. The first kappa shape index (κ1) is 12.1. The van der Waals surface area contributed by atoms with Crippen LogP contribution in [0.1, 0.15) is 12.0 Å². The van der Waals surface area contributed by atoms with Gasteiger partial charge in [-0.1, -0.05) is 30.3 Å². The Bertz CT molecular complexity index is 455. The topological polar surface area (TPSA) is 81.7 Å². The summed E-state index contributed by atoms with van der Waals surface area (Å²) in [5.41, 5.74) is 0.829. The summed E-state index contributed by atoms with van der Waals surface area (Å²) < 4.78 is 9.24. The Morgan fingerprint density at radius 3 is 2.72 bits per heavy atom. The zero-order valence-corrected chi connectivity index (χ0v) is 9.42. The maximum absolute atomic E-state index is 11.6. The minimum absolute atomic E-state index is 0.0983. The number of amides is 1. The monoisotopic (exact) mass is 249 g/mol. The lowest BCUT2D eigenvalue weighted by Gasteiger charge is -2.20. The van der Waals surface area contributed by atoms with Gasteiger partial charge in [0.15, 0.2) is 0 Å². The largest absolute Gasteiger partial charge is 0.459 e. The molecule has 1 aromatic carbocycles. The highest BCUT2D eigenvalue weighted by Gasteiger charge is 2.32. The van der Waals surface area contributed by atoms with Gasteiger partial charge in [-0.15, -0.1) is 0 Å². The summed E-state index contributed by atoms with van der Waals surface area (Å²) in [6.07, 6.45) is -1.13. The molecule has 18 heavy (non-hydrogen) atoms. The Kier molecular flexibility index (Phi) is 3.57. The van der Waals surface area contributed by atoms with E-state index in [9.17, 15) is 14.4 Å². The third-order valence-corrected chi connectivity index (χ3v) is 2.38. The zero-order valence-electron chi connectivity index (χ0n) is 9.42. The molecule has 1 aliphatic rings. The van der Waals surface area contributed by atoms with Gasteiger partial charge in [0.1, 0.15) is 12.6 Å². The molecule has 1 aromatic rings. The van der Waals surface area contributed by atoms with Crippen LogP contribution in [0.2, 0.25) is 0 Å². The molecule has 6 nitrogen and oxygen atoms in total. The average molecular weight is 249 g/mol. The normalized spacial score (nSPS) is 18.8. The molecule has 1 N–H and O–H groups in total. The average Bonchev–Trinajstić information content (AvgIpc) is 2.36. The number of carbonyl (C=O) groups is 3. The number of carbonyl (C=O) groups excluding carboxylic acids is 3.